The molecule has 0 aromatic heterocycles. The van der Waals surface area contributed by atoms with Gasteiger partial charge in [0, 0.05) is 18.6 Å². The van der Waals surface area contributed by atoms with Crippen molar-refractivity contribution in [2.24, 2.45) is 5.92 Å². The Balaban J connectivity index is 2.67. The van der Waals surface area contributed by atoms with E-state index in [1.165, 1.54) is 0 Å². The van der Waals surface area contributed by atoms with E-state index in [2.05, 4.69) is 10.0 Å². The van der Waals surface area contributed by atoms with Crippen LogP contribution in [-0.4, -0.2) is 44.9 Å². The van der Waals surface area contributed by atoms with Crippen molar-refractivity contribution in [1.82, 2.24) is 14.3 Å². The Morgan fingerprint density at radius 2 is 2.06 bits per heavy atom. The molecule has 5 nitrogen and oxygen atoms in total. The van der Waals surface area contributed by atoms with Crippen LogP contribution >= 0.6 is 0 Å². The Morgan fingerprint density at radius 3 is 2.61 bits per heavy atom. The van der Waals surface area contributed by atoms with Gasteiger partial charge in [0.1, 0.15) is 0 Å². The quantitative estimate of drug-likeness (QED) is 0.759. The molecule has 1 atom stereocenters. The molecule has 1 rings (SSSR count). The summed E-state index contributed by atoms with van der Waals surface area (Å²) < 4.78 is 29.0. The summed E-state index contributed by atoms with van der Waals surface area (Å²) in [5.74, 6) is 0.421. The predicted molar refractivity (Wildman–Crippen MR) is 74.6 cm³/mol. The molecule has 18 heavy (non-hydrogen) atoms. The molecule has 1 fully saturated rings. The monoisotopic (exact) mass is 277 g/mol. The van der Waals surface area contributed by atoms with Crippen LogP contribution in [0.3, 0.4) is 0 Å². The summed E-state index contributed by atoms with van der Waals surface area (Å²) in [5, 5.41) is 3.13. The molecular weight excluding hydrogens is 250 g/mol. The molecule has 0 spiro atoms. The smallest absolute Gasteiger partial charge is 0.279 e. The fourth-order valence-electron chi connectivity index (χ4n) is 2.19. The number of nitrogens with one attached hydrogen (secondary N) is 2. The summed E-state index contributed by atoms with van der Waals surface area (Å²) in [5.41, 5.74) is -0.380. The van der Waals surface area contributed by atoms with E-state index in [0.717, 1.165) is 25.8 Å². The van der Waals surface area contributed by atoms with Gasteiger partial charge in [-0.05, 0) is 52.6 Å². The molecule has 1 saturated heterocycles. The average molecular weight is 277 g/mol. The van der Waals surface area contributed by atoms with E-state index in [1.807, 2.05) is 27.8 Å². The Kier molecular flexibility index (Phi) is 5.58. The molecule has 0 aromatic carbocycles. The lowest BCUT2D eigenvalue weighted by molar-refractivity contribution is 0.256. The van der Waals surface area contributed by atoms with E-state index >= 15 is 0 Å². The van der Waals surface area contributed by atoms with Crippen molar-refractivity contribution >= 4 is 10.2 Å². The van der Waals surface area contributed by atoms with E-state index in [9.17, 15) is 8.42 Å². The first-order valence-corrected chi connectivity index (χ1v) is 8.18. The van der Waals surface area contributed by atoms with Crippen molar-refractivity contribution < 1.29 is 8.42 Å². The van der Waals surface area contributed by atoms with E-state index in [4.69, 9.17) is 0 Å². The maximum absolute atomic E-state index is 12.3. The average Bonchev–Trinajstić information content (AvgIpc) is 2.29. The molecule has 1 aliphatic heterocycles. The van der Waals surface area contributed by atoms with Crippen LogP contribution in [0.15, 0.2) is 0 Å². The maximum atomic E-state index is 12.3. The molecule has 6 heteroatoms. The second-order valence-corrected chi connectivity index (χ2v) is 7.44. The zero-order valence-corrected chi connectivity index (χ0v) is 12.8. The highest BCUT2D eigenvalue weighted by atomic mass is 32.2. The predicted octanol–water partition coefficient (Wildman–Crippen LogP) is 0.941. The van der Waals surface area contributed by atoms with Crippen LogP contribution in [0.2, 0.25) is 0 Å². The third kappa shape index (κ3) is 4.50. The van der Waals surface area contributed by atoms with Gasteiger partial charge < -0.3 is 5.32 Å². The highest BCUT2D eigenvalue weighted by Gasteiger charge is 2.32. The van der Waals surface area contributed by atoms with Crippen LogP contribution < -0.4 is 10.0 Å². The zero-order valence-electron chi connectivity index (χ0n) is 12.0. The minimum Gasteiger partial charge on any atom is -0.319 e. The molecule has 2 N–H and O–H groups in total. The Labute approximate surface area is 112 Å². The molecule has 0 aromatic rings. The first kappa shape index (κ1) is 15.9. The summed E-state index contributed by atoms with van der Waals surface area (Å²) in [6.45, 7) is 7.95. The van der Waals surface area contributed by atoms with Crippen LogP contribution in [0.4, 0.5) is 0 Å². The molecule has 0 radical (unpaired) electrons. The minimum absolute atomic E-state index is 0.380. The van der Waals surface area contributed by atoms with Crippen molar-refractivity contribution in [1.29, 1.82) is 0 Å². The molecule has 1 heterocycles. The number of nitrogens with zero attached hydrogens (tertiary/aromatic N) is 1. The van der Waals surface area contributed by atoms with Crippen molar-refractivity contribution in [2.75, 3.05) is 26.7 Å². The summed E-state index contributed by atoms with van der Waals surface area (Å²) in [7, 11) is -1.44. The topological polar surface area (TPSA) is 61.4 Å². The molecule has 1 unspecified atom stereocenters. The lowest BCUT2D eigenvalue weighted by Gasteiger charge is -2.34. The standard InChI is InChI=1S/C12H27N3O2S/c1-5-12(2,3)14-18(16,17)15-8-6-7-11(10-15)9-13-4/h11,13-14H,5-10H2,1-4H3. The zero-order chi connectivity index (χ0) is 13.8. The number of piperidine rings is 1. The highest BCUT2D eigenvalue weighted by Crippen LogP contribution is 2.19. The summed E-state index contributed by atoms with van der Waals surface area (Å²) in [4.78, 5) is 0. The molecule has 1 aliphatic rings. The molecular formula is C12H27N3O2S. The highest BCUT2D eigenvalue weighted by molar-refractivity contribution is 7.87. The number of hydrogen-bond donors (Lipinski definition) is 2. The van der Waals surface area contributed by atoms with Crippen molar-refractivity contribution in [3.8, 4) is 0 Å². The lowest BCUT2D eigenvalue weighted by Crippen LogP contribution is -2.53. The van der Waals surface area contributed by atoms with Crippen molar-refractivity contribution in [2.45, 2.75) is 45.6 Å². The van der Waals surface area contributed by atoms with Gasteiger partial charge in [-0.25, -0.2) is 0 Å². The lowest BCUT2D eigenvalue weighted by atomic mass is 10.00. The summed E-state index contributed by atoms with van der Waals surface area (Å²) >= 11 is 0. The molecule has 0 saturated carbocycles. The molecule has 0 amide bonds. The van der Waals surface area contributed by atoms with Gasteiger partial charge in [-0.1, -0.05) is 6.92 Å². The summed E-state index contributed by atoms with van der Waals surface area (Å²) in [6.07, 6.45) is 2.82. The van der Waals surface area contributed by atoms with E-state index in [-0.39, 0.29) is 5.54 Å². The first-order valence-electron chi connectivity index (χ1n) is 6.74. The van der Waals surface area contributed by atoms with Gasteiger partial charge in [0.15, 0.2) is 0 Å². The van der Waals surface area contributed by atoms with E-state index in [1.54, 1.807) is 4.31 Å². The van der Waals surface area contributed by atoms with Crippen LogP contribution in [0, 0.1) is 5.92 Å². The van der Waals surface area contributed by atoms with Crippen LogP contribution in [0.25, 0.3) is 0 Å². The molecule has 108 valence electrons. The van der Waals surface area contributed by atoms with Crippen LogP contribution in [0.5, 0.6) is 0 Å². The first-order chi connectivity index (χ1) is 8.30. The van der Waals surface area contributed by atoms with Gasteiger partial charge in [0.25, 0.3) is 10.2 Å². The Bertz CT molecular complexity index is 352. The van der Waals surface area contributed by atoms with Gasteiger partial charge in [0.05, 0.1) is 0 Å². The Hall–Kier alpha value is -0.170. The normalized spacial score (nSPS) is 23.2. The Morgan fingerprint density at radius 1 is 1.39 bits per heavy atom. The maximum Gasteiger partial charge on any atom is 0.279 e. The van der Waals surface area contributed by atoms with Crippen molar-refractivity contribution in [3.05, 3.63) is 0 Å². The third-order valence-electron chi connectivity index (χ3n) is 3.60. The number of hydrogen-bond acceptors (Lipinski definition) is 3. The van der Waals surface area contributed by atoms with Crippen LogP contribution in [-0.2, 0) is 10.2 Å². The second-order valence-electron chi connectivity index (χ2n) is 5.77. The summed E-state index contributed by atoms with van der Waals surface area (Å²) in [6, 6.07) is 0. The minimum atomic E-state index is -3.35. The SMILES string of the molecule is CCC(C)(C)NS(=O)(=O)N1CCCC(CNC)C1. The van der Waals surface area contributed by atoms with Gasteiger partial charge in [-0.3, -0.25) is 0 Å². The van der Waals surface area contributed by atoms with Gasteiger partial charge in [-0.15, -0.1) is 0 Å². The fourth-order valence-corrected chi connectivity index (χ4v) is 3.93. The second kappa shape index (κ2) is 6.32. The van der Waals surface area contributed by atoms with Gasteiger partial charge >= 0.3 is 0 Å². The molecule has 0 bridgehead atoms. The fraction of sp³-hybridized carbons (Fsp3) is 1.00. The molecule has 0 aliphatic carbocycles. The van der Waals surface area contributed by atoms with E-state index in [0.29, 0.717) is 19.0 Å². The van der Waals surface area contributed by atoms with E-state index < -0.39 is 10.2 Å². The number of rotatable bonds is 6. The van der Waals surface area contributed by atoms with Gasteiger partial charge in [0.2, 0.25) is 0 Å². The van der Waals surface area contributed by atoms with Crippen molar-refractivity contribution in [3.63, 3.8) is 0 Å². The largest absolute Gasteiger partial charge is 0.319 e. The van der Waals surface area contributed by atoms with Crippen LogP contribution in [0.1, 0.15) is 40.0 Å². The van der Waals surface area contributed by atoms with Gasteiger partial charge in [-0.2, -0.15) is 17.4 Å². The third-order valence-corrected chi connectivity index (χ3v) is 5.43.